The highest BCUT2D eigenvalue weighted by Crippen LogP contribution is 2.37. The number of aliphatic hydroxyl groups is 1. The average molecular weight is 634 g/mol. The molecule has 0 bridgehead atoms. The van der Waals surface area contributed by atoms with E-state index in [2.05, 4.69) is 16.0 Å². The number of carbonyl (C=O) groups is 3. The molecule has 0 aliphatic heterocycles. The first-order valence-electron chi connectivity index (χ1n) is 13.5. The van der Waals surface area contributed by atoms with Crippen molar-refractivity contribution in [2.24, 2.45) is 11.3 Å². The van der Waals surface area contributed by atoms with Gasteiger partial charge in [-0.25, -0.2) is 8.78 Å². The van der Waals surface area contributed by atoms with Crippen molar-refractivity contribution >= 4 is 35.0 Å². The number of aliphatic hydroxyl groups excluding tert-OH is 1. The molecule has 3 amide bonds. The number of hydrogen-bond acceptors (Lipinski definition) is 5. The molecule has 8 nitrogen and oxygen atoms in total. The van der Waals surface area contributed by atoms with Crippen molar-refractivity contribution in [3.05, 3.63) is 58.1 Å². The van der Waals surface area contributed by atoms with Crippen molar-refractivity contribution in [1.29, 1.82) is 0 Å². The third kappa shape index (κ3) is 9.02. The van der Waals surface area contributed by atoms with Crippen molar-refractivity contribution in [2.45, 2.75) is 64.7 Å². The lowest BCUT2D eigenvalue weighted by Crippen LogP contribution is -2.46. The van der Waals surface area contributed by atoms with Crippen LogP contribution in [0, 0.1) is 11.3 Å². The fraction of sp³-hybridized carbons (Fsp3) is 0.483. The second-order valence-electron chi connectivity index (χ2n) is 10.9. The molecule has 14 heteroatoms. The van der Waals surface area contributed by atoms with Gasteiger partial charge in [-0.15, -0.1) is 0 Å². The van der Waals surface area contributed by atoms with Gasteiger partial charge < -0.3 is 25.8 Å². The Morgan fingerprint density at radius 1 is 1.00 bits per heavy atom. The molecule has 1 fully saturated rings. The summed E-state index contributed by atoms with van der Waals surface area (Å²) in [5.74, 6) is -2.53. The zero-order chi connectivity index (χ0) is 31.9. The predicted molar refractivity (Wildman–Crippen MR) is 149 cm³/mol. The van der Waals surface area contributed by atoms with Gasteiger partial charge in [-0.3, -0.25) is 14.4 Å². The summed E-state index contributed by atoms with van der Waals surface area (Å²) in [6.45, 7) is 0.307. The van der Waals surface area contributed by atoms with Crippen LogP contribution in [-0.4, -0.2) is 54.7 Å². The maximum absolute atomic E-state index is 13.2. The minimum Gasteiger partial charge on any atom is -0.487 e. The van der Waals surface area contributed by atoms with E-state index in [1.54, 1.807) is 0 Å². The lowest BCUT2D eigenvalue weighted by Gasteiger charge is -2.28. The van der Waals surface area contributed by atoms with Crippen molar-refractivity contribution in [3.63, 3.8) is 0 Å². The number of amides is 3. The minimum atomic E-state index is -4.77. The Morgan fingerprint density at radius 2 is 1.67 bits per heavy atom. The molecule has 236 valence electrons. The van der Waals surface area contributed by atoms with Gasteiger partial charge in [-0.1, -0.05) is 17.7 Å². The van der Waals surface area contributed by atoms with Crippen molar-refractivity contribution < 1.29 is 46.2 Å². The lowest BCUT2D eigenvalue weighted by atomic mass is 9.86. The van der Waals surface area contributed by atoms with Crippen LogP contribution in [0.15, 0.2) is 36.4 Å². The molecular formula is C29H33ClF5N3O5. The summed E-state index contributed by atoms with van der Waals surface area (Å²) in [6, 6.07) is 7.77. The molecule has 3 rings (SSSR count). The molecule has 2 aromatic carbocycles. The summed E-state index contributed by atoms with van der Waals surface area (Å²) in [7, 11) is 0. The standard InChI is InChI=1S/C29H33ClF5N3O5/c1-28(2,29(33,34)35)27(42)36-13-17-5-9-22(30)20(11-17)25(40)38-19-8-10-23(43-15-24(31)32)21(12-19)26(41)37-18-6-3-16(14-39)4-7-18/h5,8-12,16,18,24,39H,3-4,6-7,13-15H2,1-2H3,(H,36,42)(H,37,41)(H,38,40). The molecule has 0 atom stereocenters. The van der Waals surface area contributed by atoms with E-state index in [0.29, 0.717) is 18.4 Å². The normalized spacial score (nSPS) is 17.3. The monoisotopic (exact) mass is 633 g/mol. The fourth-order valence-electron chi connectivity index (χ4n) is 4.40. The fourth-order valence-corrected chi connectivity index (χ4v) is 4.61. The van der Waals surface area contributed by atoms with E-state index in [1.807, 2.05) is 0 Å². The summed E-state index contributed by atoms with van der Waals surface area (Å²) in [6.07, 6.45) is -4.86. The number of hydrogen-bond donors (Lipinski definition) is 4. The van der Waals surface area contributed by atoms with Crippen LogP contribution in [0.2, 0.25) is 5.02 Å². The molecule has 4 N–H and O–H groups in total. The Bertz CT molecular complexity index is 1310. The molecule has 43 heavy (non-hydrogen) atoms. The van der Waals surface area contributed by atoms with Crippen LogP contribution in [-0.2, 0) is 11.3 Å². The molecule has 2 aromatic rings. The van der Waals surface area contributed by atoms with Gasteiger partial charge in [0.1, 0.15) is 17.8 Å². The zero-order valence-electron chi connectivity index (χ0n) is 23.5. The zero-order valence-corrected chi connectivity index (χ0v) is 24.2. The molecule has 0 heterocycles. The Balaban J connectivity index is 1.76. The first-order chi connectivity index (χ1) is 20.1. The third-order valence-electron chi connectivity index (χ3n) is 7.29. The van der Waals surface area contributed by atoms with Crippen LogP contribution in [0.4, 0.5) is 27.6 Å². The van der Waals surface area contributed by atoms with E-state index in [4.69, 9.17) is 16.3 Å². The summed E-state index contributed by atoms with van der Waals surface area (Å²) in [5.41, 5.74) is -2.36. The maximum atomic E-state index is 13.2. The molecule has 1 aliphatic rings. The van der Waals surface area contributed by atoms with Crippen molar-refractivity contribution in [1.82, 2.24) is 10.6 Å². The largest absolute Gasteiger partial charge is 0.487 e. The second-order valence-corrected chi connectivity index (χ2v) is 11.3. The number of rotatable bonds is 11. The maximum Gasteiger partial charge on any atom is 0.402 e. The van der Waals surface area contributed by atoms with Gasteiger partial charge >= 0.3 is 6.18 Å². The number of carbonyl (C=O) groups excluding carboxylic acids is 3. The Kier molecular flexibility index (Phi) is 11.4. The molecule has 1 aliphatic carbocycles. The summed E-state index contributed by atoms with van der Waals surface area (Å²) in [5, 5.41) is 17.0. The molecule has 0 saturated heterocycles. The van der Waals surface area contributed by atoms with Gasteiger partial charge in [0.05, 0.1) is 16.1 Å². The van der Waals surface area contributed by atoms with E-state index in [9.17, 15) is 41.4 Å². The van der Waals surface area contributed by atoms with Gasteiger partial charge in [0, 0.05) is 24.9 Å². The van der Waals surface area contributed by atoms with Crippen LogP contribution < -0.4 is 20.7 Å². The van der Waals surface area contributed by atoms with Gasteiger partial charge in [0.25, 0.3) is 18.2 Å². The van der Waals surface area contributed by atoms with Gasteiger partial charge in [-0.2, -0.15) is 13.2 Å². The Labute approximate surface area is 250 Å². The first-order valence-corrected chi connectivity index (χ1v) is 13.9. The van der Waals surface area contributed by atoms with Crippen LogP contribution in [0.3, 0.4) is 0 Å². The number of alkyl halides is 5. The molecule has 0 aromatic heterocycles. The first kappa shape index (κ1) is 34.0. The summed E-state index contributed by atoms with van der Waals surface area (Å²) >= 11 is 6.19. The van der Waals surface area contributed by atoms with Crippen LogP contribution >= 0.6 is 11.6 Å². The number of nitrogens with one attached hydrogen (secondary N) is 3. The predicted octanol–water partition coefficient (Wildman–Crippen LogP) is 5.72. The van der Waals surface area contributed by atoms with E-state index in [0.717, 1.165) is 26.7 Å². The van der Waals surface area contributed by atoms with Crippen LogP contribution in [0.25, 0.3) is 0 Å². The van der Waals surface area contributed by atoms with E-state index in [-0.39, 0.29) is 52.7 Å². The average Bonchev–Trinajstić information content (AvgIpc) is 2.95. The van der Waals surface area contributed by atoms with E-state index < -0.39 is 42.3 Å². The highest BCUT2D eigenvalue weighted by Gasteiger charge is 2.52. The van der Waals surface area contributed by atoms with E-state index >= 15 is 0 Å². The molecular weight excluding hydrogens is 601 g/mol. The number of anilines is 1. The number of ether oxygens (including phenoxy) is 1. The van der Waals surface area contributed by atoms with Crippen molar-refractivity contribution in [2.75, 3.05) is 18.5 Å². The molecule has 1 saturated carbocycles. The second kappa shape index (κ2) is 14.3. The molecule has 0 radical (unpaired) electrons. The number of halogens is 6. The van der Waals surface area contributed by atoms with Crippen LogP contribution in [0.5, 0.6) is 5.75 Å². The van der Waals surface area contributed by atoms with Gasteiger partial charge in [0.15, 0.2) is 0 Å². The van der Waals surface area contributed by atoms with Crippen LogP contribution in [0.1, 0.15) is 65.8 Å². The number of benzene rings is 2. The third-order valence-corrected chi connectivity index (χ3v) is 7.62. The van der Waals surface area contributed by atoms with Gasteiger partial charge in [0.2, 0.25) is 5.91 Å². The Morgan fingerprint density at radius 3 is 2.28 bits per heavy atom. The topological polar surface area (TPSA) is 117 Å². The van der Waals surface area contributed by atoms with Crippen molar-refractivity contribution in [3.8, 4) is 5.75 Å². The van der Waals surface area contributed by atoms with Gasteiger partial charge in [-0.05, 0) is 81.3 Å². The summed E-state index contributed by atoms with van der Waals surface area (Å²) < 4.78 is 70.3. The quantitative estimate of drug-likeness (QED) is 0.236. The lowest BCUT2D eigenvalue weighted by molar-refractivity contribution is -0.211. The molecule has 0 unspecified atom stereocenters. The highest BCUT2D eigenvalue weighted by atomic mass is 35.5. The molecule has 0 spiro atoms. The summed E-state index contributed by atoms with van der Waals surface area (Å²) in [4.78, 5) is 38.4. The highest BCUT2D eigenvalue weighted by molar-refractivity contribution is 6.34. The smallest absolute Gasteiger partial charge is 0.402 e. The minimum absolute atomic E-state index is 0.0107. The Hall–Kier alpha value is -3.45. The van der Waals surface area contributed by atoms with E-state index in [1.165, 1.54) is 36.4 Å². The SMILES string of the molecule is CC(C)(C(=O)NCc1ccc(Cl)c(C(=O)Nc2ccc(OCC(F)F)c(C(=O)NC3CCC(CO)CC3)c2)c1)C(F)(F)F.